The molecule has 2 aromatic carbocycles. The lowest BCUT2D eigenvalue weighted by molar-refractivity contribution is -0.136. The minimum Gasteiger partial charge on any atom is -0.504 e. The number of phenolic OH excluding ortho intramolecular Hbond substituents is 1. The lowest BCUT2D eigenvalue weighted by Gasteiger charge is -2.34. The monoisotopic (exact) mass is 437 g/mol. The number of nitrogens with zero attached hydrogens (tertiary/aromatic N) is 1. The number of aromatic hydroxyl groups is 1. The van der Waals surface area contributed by atoms with Crippen molar-refractivity contribution in [3.8, 4) is 11.5 Å². The molecule has 32 heavy (non-hydrogen) atoms. The van der Waals surface area contributed by atoms with Crippen molar-refractivity contribution in [2.45, 2.75) is 25.9 Å². The number of phenols is 1. The van der Waals surface area contributed by atoms with Gasteiger partial charge in [-0.05, 0) is 42.2 Å². The normalized spacial score (nSPS) is 18.4. The van der Waals surface area contributed by atoms with E-state index in [0.717, 1.165) is 19.5 Å². The van der Waals surface area contributed by atoms with E-state index in [9.17, 15) is 14.7 Å². The van der Waals surface area contributed by atoms with Crippen molar-refractivity contribution in [3.05, 3.63) is 70.4 Å². The Hall–Kier alpha value is -3.52. The second-order valence-electron chi connectivity index (χ2n) is 7.80. The number of nitrogens with one attached hydrogen (secondary N) is 2. The summed E-state index contributed by atoms with van der Waals surface area (Å²) in [7, 11) is 1.32. The second-order valence-corrected chi connectivity index (χ2v) is 7.80. The Morgan fingerprint density at radius 3 is 2.75 bits per heavy atom. The number of methoxy groups -OCH3 is 1. The van der Waals surface area contributed by atoms with Gasteiger partial charge in [0.25, 0.3) is 0 Å². The van der Waals surface area contributed by atoms with Gasteiger partial charge in [0.05, 0.1) is 25.3 Å². The van der Waals surface area contributed by atoms with Gasteiger partial charge in [-0.3, -0.25) is 4.90 Å². The van der Waals surface area contributed by atoms with E-state index in [1.165, 1.54) is 24.3 Å². The maximum Gasteiger partial charge on any atom is 0.338 e. The lowest BCUT2D eigenvalue weighted by Crippen LogP contribution is -2.48. The number of hydrogen-bond donors (Lipinski definition) is 3. The Kier molecular flexibility index (Phi) is 6.32. The van der Waals surface area contributed by atoms with E-state index in [1.807, 2.05) is 19.1 Å². The highest BCUT2D eigenvalue weighted by Crippen LogP contribution is 2.34. The summed E-state index contributed by atoms with van der Waals surface area (Å²) in [4.78, 5) is 27.5. The highest BCUT2D eigenvalue weighted by atomic mass is 16.5. The van der Waals surface area contributed by atoms with Crippen LogP contribution < -0.4 is 15.4 Å². The largest absolute Gasteiger partial charge is 0.504 e. The lowest BCUT2D eigenvalue weighted by atomic mass is 9.94. The molecule has 0 saturated carbocycles. The highest BCUT2D eigenvalue weighted by molar-refractivity contribution is 5.95. The summed E-state index contributed by atoms with van der Waals surface area (Å²) in [6, 6.07) is 11.9. The zero-order valence-corrected chi connectivity index (χ0v) is 18.2. The summed E-state index contributed by atoms with van der Waals surface area (Å²) in [6.45, 7) is 4.13. The fraction of sp³-hybridized carbons (Fsp3) is 0.333. The van der Waals surface area contributed by atoms with Gasteiger partial charge in [0, 0.05) is 25.3 Å². The van der Waals surface area contributed by atoms with E-state index in [1.54, 1.807) is 12.1 Å². The fourth-order valence-corrected chi connectivity index (χ4v) is 4.24. The Morgan fingerprint density at radius 1 is 1.22 bits per heavy atom. The van der Waals surface area contributed by atoms with Gasteiger partial charge in [-0.25, -0.2) is 9.59 Å². The molecule has 3 N–H and O–H groups in total. The molecule has 8 nitrogen and oxygen atoms in total. The molecule has 2 aliphatic rings. The Balaban J connectivity index is 1.68. The highest BCUT2D eigenvalue weighted by Gasteiger charge is 2.35. The maximum atomic E-state index is 12.8. The maximum absolute atomic E-state index is 12.8. The summed E-state index contributed by atoms with van der Waals surface area (Å²) in [6.07, 6.45) is 0.905. The minimum absolute atomic E-state index is 0.00772. The predicted octanol–water partition coefficient (Wildman–Crippen LogP) is 2.63. The van der Waals surface area contributed by atoms with Crippen LogP contribution in [0.4, 0.5) is 4.79 Å². The molecule has 0 aliphatic carbocycles. The quantitative estimate of drug-likeness (QED) is 0.601. The van der Waals surface area contributed by atoms with Crippen molar-refractivity contribution in [1.82, 2.24) is 15.5 Å². The van der Waals surface area contributed by atoms with Crippen LogP contribution in [-0.4, -0.2) is 48.8 Å². The third-order valence-corrected chi connectivity index (χ3v) is 5.77. The van der Waals surface area contributed by atoms with Crippen LogP contribution in [0.2, 0.25) is 0 Å². The number of fused-ring (bicyclic) bond motifs is 1. The number of carbonyl (C=O) groups excluding carboxylic acids is 2. The first-order valence-corrected chi connectivity index (χ1v) is 10.6. The first-order chi connectivity index (χ1) is 15.5. The number of carbonyl (C=O) groups is 2. The Bertz CT molecular complexity index is 1070. The van der Waals surface area contributed by atoms with Gasteiger partial charge >= 0.3 is 12.0 Å². The standard InChI is InChI=1S/C24H27N3O5/c1-3-32-20-12-16(8-9-19(20)28)22-21(23(29)31-2)18(25-24(30)26-22)14-27-11-10-15-6-4-5-7-17(15)13-27/h4-9,12,22,28H,3,10-11,13-14H2,1-2H3,(H2,25,26,30). The molecule has 0 saturated heterocycles. The van der Waals surface area contributed by atoms with E-state index in [4.69, 9.17) is 9.47 Å². The van der Waals surface area contributed by atoms with Gasteiger partial charge in [0.15, 0.2) is 11.5 Å². The van der Waals surface area contributed by atoms with Crippen LogP contribution in [0.5, 0.6) is 11.5 Å². The molecule has 8 heteroatoms. The summed E-state index contributed by atoms with van der Waals surface area (Å²) in [5.74, 6) is -0.246. The molecule has 2 aromatic rings. The van der Waals surface area contributed by atoms with Crippen molar-refractivity contribution < 1.29 is 24.2 Å². The molecule has 0 aromatic heterocycles. The second kappa shape index (κ2) is 9.32. The van der Waals surface area contributed by atoms with Crippen LogP contribution in [-0.2, 0) is 22.5 Å². The number of urea groups is 1. The first-order valence-electron chi connectivity index (χ1n) is 10.6. The van der Waals surface area contributed by atoms with Crippen LogP contribution in [0.1, 0.15) is 29.7 Å². The van der Waals surface area contributed by atoms with Crippen molar-refractivity contribution >= 4 is 12.0 Å². The molecule has 4 rings (SSSR count). The number of benzene rings is 2. The molecule has 1 unspecified atom stereocenters. The van der Waals surface area contributed by atoms with Crippen molar-refractivity contribution in [2.75, 3.05) is 26.8 Å². The molecule has 0 bridgehead atoms. The zero-order chi connectivity index (χ0) is 22.7. The number of esters is 1. The molecular formula is C24H27N3O5. The number of rotatable bonds is 6. The van der Waals surface area contributed by atoms with Crippen LogP contribution >= 0.6 is 0 Å². The summed E-state index contributed by atoms with van der Waals surface area (Å²) in [5.41, 5.74) is 4.03. The van der Waals surface area contributed by atoms with Gasteiger partial charge in [-0.1, -0.05) is 30.3 Å². The van der Waals surface area contributed by atoms with Gasteiger partial charge in [-0.15, -0.1) is 0 Å². The molecule has 2 aliphatic heterocycles. The van der Waals surface area contributed by atoms with E-state index in [-0.39, 0.29) is 11.5 Å². The third-order valence-electron chi connectivity index (χ3n) is 5.77. The van der Waals surface area contributed by atoms with E-state index >= 15 is 0 Å². The summed E-state index contributed by atoms with van der Waals surface area (Å²) < 4.78 is 10.5. The molecule has 168 valence electrons. The Labute approximate surface area is 186 Å². The summed E-state index contributed by atoms with van der Waals surface area (Å²) in [5, 5.41) is 15.7. The Morgan fingerprint density at radius 2 is 2.00 bits per heavy atom. The number of ether oxygens (including phenoxy) is 2. The van der Waals surface area contributed by atoms with Crippen molar-refractivity contribution in [1.29, 1.82) is 0 Å². The fourth-order valence-electron chi connectivity index (χ4n) is 4.24. The van der Waals surface area contributed by atoms with Crippen LogP contribution in [0.3, 0.4) is 0 Å². The molecule has 2 heterocycles. The SMILES string of the molecule is CCOc1cc(C2NC(=O)NC(CN3CCc4ccccc4C3)=C2C(=O)OC)ccc1O. The van der Waals surface area contributed by atoms with E-state index in [0.29, 0.717) is 30.0 Å². The minimum atomic E-state index is -0.733. The molecule has 2 amide bonds. The number of amides is 2. The number of hydrogen-bond acceptors (Lipinski definition) is 6. The predicted molar refractivity (Wildman–Crippen MR) is 118 cm³/mol. The van der Waals surface area contributed by atoms with Crippen molar-refractivity contribution in [3.63, 3.8) is 0 Å². The third kappa shape index (κ3) is 4.40. The average molecular weight is 437 g/mol. The van der Waals surface area contributed by atoms with E-state index < -0.39 is 18.0 Å². The first kappa shape index (κ1) is 21.7. The van der Waals surface area contributed by atoms with Crippen molar-refractivity contribution in [2.24, 2.45) is 0 Å². The molecule has 0 spiro atoms. The zero-order valence-electron chi connectivity index (χ0n) is 18.2. The average Bonchev–Trinajstić information content (AvgIpc) is 2.80. The van der Waals surface area contributed by atoms with Crippen LogP contribution in [0, 0.1) is 0 Å². The van der Waals surface area contributed by atoms with Crippen LogP contribution in [0.25, 0.3) is 0 Å². The topological polar surface area (TPSA) is 100 Å². The molecule has 1 atom stereocenters. The molecule has 0 radical (unpaired) electrons. The van der Waals surface area contributed by atoms with Gasteiger partial charge in [0.2, 0.25) is 0 Å². The van der Waals surface area contributed by atoms with Gasteiger partial charge < -0.3 is 25.2 Å². The smallest absolute Gasteiger partial charge is 0.338 e. The molecule has 0 fully saturated rings. The molecular weight excluding hydrogens is 410 g/mol. The van der Waals surface area contributed by atoms with E-state index in [2.05, 4.69) is 27.7 Å². The van der Waals surface area contributed by atoms with Crippen LogP contribution in [0.15, 0.2) is 53.7 Å². The van der Waals surface area contributed by atoms with Gasteiger partial charge in [0.1, 0.15) is 0 Å². The summed E-state index contributed by atoms with van der Waals surface area (Å²) >= 11 is 0. The van der Waals surface area contributed by atoms with Gasteiger partial charge in [-0.2, -0.15) is 0 Å².